The Balaban J connectivity index is 2.48. The summed E-state index contributed by atoms with van der Waals surface area (Å²) in [6.07, 6.45) is 0.894. The van der Waals surface area contributed by atoms with Crippen molar-refractivity contribution in [2.45, 2.75) is 27.2 Å². The summed E-state index contributed by atoms with van der Waals surface area (Å²) in [6, 6.07) is 8.38. The van der Waals surface area contributed by atoms with Gasteiger partial charge >= 0.3 is 0 Å². The molecule has 1 heterocycles. The van der Waals surface area contributed by atoms with Crippen LogP contribution in [0.4, 0.5) is 0 Å². The van der Waals surface area contributed by atoms with Gasteiger partial charge in [-0.2, -0.15) is 0 Å². The van der Waals surface area contributed by atoms with Crippen LogP contribution >= 0.6 is 0 Å². The molecule has 0 aliphatic rings. The van der Waals surface area contributed by atoms with Crippen LogP contribution in [0.1, 0.15) is 22.6 Å². The van der Waals surface area contributed by atoms with Crippen LogP contribution in [-0.4, -0.2) is 16.5 Å². The molecule has 0 unspecified atom stereocenters. The van der Waals surface area contributed by atoms with Gasteiger partial charge in [-0.05, 0) is 45.4 Å². The van der Waals surface area contributed by atoms with Crippen molar-refractivity contribution in [1.29, 1.82) is 0 Å². The third-order valence-corrected chi connectivity index (χ3v) is 3.11. The van der Waals surface area contributed by atoms with Gasteiger partial charge in [-0.3, -0.25) is 4.98 Å². The molecule has 2 N–H and O–H groups in total. The second-order valence-electron chi connectivity index (χ2n) is 4.57. The first kappa shape index (κ1) is 12.7. The van der Waals surface area contributed by atoms with E-state index in [1.54, 1.807) is 0 Å². The predicted octanol–water partition coefficient (Wildman–Crippen LogP) is 2.57. The molecule has 0 aliphatic heterocycles. The molecule has 2 rings (SSSR count). The van der Waals surface area contributed by atoms with Gasteiger partial charge in [0.25, 0.3) is 0 Å². The molecule has 1 aromatic heterocycles. The fraction of sp³-hybridized carbons (Fsp3) is 0.333. The van der Waals surface area contributed by atoms with Crippen molar-refractivity contribution in [2.24, 2.45) is 5.73 Å². The standard InChI is InChI=1S/C15H19N3/c1-10-11(2)18-15(12(3)17-10)14-6-4-5-13(9-14)7-8-16/h4-6,9H,7-8,16H2,1-3H3. The van der Waals surface area contributed by atoms with Crippen LogP contribution in [0.25, 0.3) is 11.3 Å². The molecule has 0 amide bonds. The summed E-state index contributed by atoms with van der Waals surface area (Å²) in [6.45, 7) is 6.66. The zero-order valence-corrected chi connectivity index (χ0v) is 11.2. The monoisotopic (exact) mass is 241 g/mol. The van der Waals surface area contributed by atoms with E-state index < -0.39 is 0 Å². The highest BCUT2D eigenvalue weighted by Gasteiger charge is 2.08. The number of aromatic nitrogens is 2. The molecule has 18 heavy (non-hydrogen) atoms. The number of aryl methyl sites for hydroxylation is 3. The van der Waals surface area contributed by atoms with Crippen LogP contribution in [0.5, 0.6) is 0 Å². The molecule has 0 atom stereocenters. The smallest absolute Gasteiger partial charge is 0.0917 e. The number of hydrogen-bond donors (Lipinski definition) is 1. The van der Waals surface area contributed by atoms with Gasteiger partial charge in [-0.1, -0.05) is 18.2 Å². The van der Waals surface area contributed by atoms with E-state index in [-0.39, 0.29) is 0 Å². The maximum absolute atomic E-state index is 5.60. The Bertz CT molecular complexity index is 562. The molecule has 3 nitrogen and oxygen atoms in total. The van der Waals surface area contributed by atoms with Gasteiger partial charge in [-0.15, -0.1) is 0 Å². The minimum Gasteiger partial charge on any atom is -0.330 e. The third kappa shape index (κ3) is 2.57. The fourth-order valence-corrected chi connectivity index (χ4v) is 2.03. The average Bonchev–Trinajstić information content (AvgIpc) is 2.34. The lowest BCUT2D eigenvalue weighted by molar-refractivity contribution is 0.967. The molecule has 0 fully saturated rings. The number of hydrogen-bond acceptors (Lipinski definition) is 3. The fourth-order valence-electron chi connectivity index (χ4n) is 2.03. The molecule has 0 saturated carbocycles. The highest BCUT2D eigenvalue weighted by atomic mass is 14.8. The van der Waals surface area contributed by atoms with Crippen molar-refractivity contribution in [1.82, 2.24) is 9.97 Å². The number of benzene rings is 1. The Kier molecular flexibility index (Phi) is 3.72. The van der Waals surface area contributed by atoms with Gasteiger partial charge in [0.15, 0.2) is 0 Å². The van der Waals surface area contributed by atoms with Crippen LogP contribution < -0.4 is 5.73 Å². The lowest BCUT2D eigenvalue weighted by Gasteiger charge is -2.09. The molecule has 3 heteroatoms. The molecular formula is C15H19N3. The molecule has 94 valence electrons. The Morgan fingerprint density at radius 2 is 1.72 bits per heavy atom. The molecule has 0 radical (unpaired) electrons. The molecule has 0 saturated heterocycles. The van der Waals surface area contributed by atoms with E-state index >= 15 is 0 Å². The lowest BCUT2D eigenvalue weighted by Crippen LogP contribution is -2.03. The van der Waals surface area contributed by atoms with E-state index in [9.17, 15) is 0 Å². The Hall–Kier alpha value is -1.74. The van der Waals surface area contributed by atoms with E-state index in [2.05, 4.69) is 34.2 Å². The van der Waals surface area contributed by atoms with Gasteiger partial charge in [0.05, 0.1) is 22.8 Å². The molecule has 2 aromatic rings. The highest BCUT2D eigenvalue weighted by molar-refractivity contribution is 5.62. The van der Waals surface area contributed by atoms with Crippen LogP contribution in [-0.2, 0) is 6.42 Å². The van der Waals surface area contributed by atoms with E-state index in [1.807, 2.05) is 20.8 Å². The first-order valence-electron chi connectivity index (χ1n) is 6.23. The topological polar surface area (TPSA) is 51.8 Å². The van der Waals surface area contributed by atoms with Crippen molar-refractivity contribution >= 4 is 0 Å². The quantitative estimate of drug-likeness (QED) is 0.898. The van der Waals surface area contributed by atoms with Crippen molar-refractivity contribution in [3.05, 3.63) is 46.9 Å². The second-order valence-corrected chi connectivity index (χ2v) is 4.57. The zero-order chi connectivity index (χ0) is 13.1. The van der Waals surface area contributed by atoms with Gasteiger partial charge in [0.1, 0.15) is 0 Å². The van der Waals surface area contributed by atoms with Gasteiger partial charge in [-0.25, -0.2) is 4.98 Å². The normalized spacial score (nSPS) is 10.7. The van der Waals surface area contributed by atoms with Crippen LogP contribution in [0.3, 0.4) is 0 Å². The van der Waals surface area contributed by atoms with Crippen molar-refractivity contribution in [2.75, 3.05) is 6.54 Å². The summed E-state index contributed by atoms with van der Waals surface area (Å²) in [5.41, 5.74) is 11.9. The predicted molar refractivity (Wildman–Crippen MR) is 74.4 cm³/mol. The molecule has 0 spiro atoms. The summed E-state index contributed by atoms with van der Waals surface area (Å²) in [5, 5.41) is 0. The Morgan fingerprint density at radius 3 is 2.44 bits per heavy atom. The SMILES string of the molecule is Cc1nc(C)c(-c2cccc(CCN)c2)nc1C. The van der Waals surface area contributed by atoms with E-state index in [1.165, 1.54) is 5.56 Å². The zero-order valence-electron chi connectivity index (χ0n) is 11.2. The molecular weight excluding hydrogens is 222 g/mol. The van der Waals surface area contributed by atoms with Crippen LogP contribution in [0.2, 0.25) is 0 Å². The summed E-state index contributed by atoms with van der Waals surface area (Å²) in [7, 11) is 0. The average molecular weight is 241 g/mol. The first-order valence-corrected chi connectivity index (χ1v) is 6.23. The van der Waals surface area contributed by atoms with E-state index in [0.717, 1.165) is 34.8 Å². The van der Waals surface area contributed by atoms with Crippen molar-refractivity contribution in [3.63, 3.8) is 0 Å². The summed E-state index contributed by atoms with van der Waals surface area (Å²) in [5.74, 6) is 0. The minimum atomic E-state index is 0.668. The first-order chi connectivity index (χ1) is 8.61. The Labute approximate surface area is 108 Å². The maximum atomic E-state index is 5.60. The molecule has 1 aromatic carbocycles. The van der Waals surface area contributed by atoms with Gasteiger partial charge < -0.3 is 5.73 Å². The molecule has 0 aliphatic carbocycles. The van der Waals surface area contributed by atoms with Gasteiger partial charge in [0, 0.05) is 5.56 Å². The van der Waals surface area contributed by atoms with Crippen molar-refractivity contribution < 1.29 is 0 Å². The summed E-state index contributed by atoms with van der Waals surface area (Å²) < 4.78 is 0. The summed E-state index contributed by atoms with van der Waals surface area (Å²) >= 11 is 0. The number of rotatable bonds is 3. The second kappa shape index (κ2) is 5.27. The van der Waals surface area contributed by atoms with Gasteiger partial charge in [0.2, 0.25) is 0 Å². The molecule has 0 bridgehead atoms. The third-order valence-electron chi connectivity index (χ3n) is 3.11. The lowest BCUT2D eigenvalue weighted by atomic mass is 10.0. The van der Waals surface area contributed by atoms with Crippen LogP contribution in [0.15, 0.2) is 24.3 Å². The van der Waals surface area contributed by atoms with Crippen molar-refractivity contribution in [3.8, 4) is 11.3 Å². The minimum absolute atomic E-state index is 0.668. The number of nitrogens with zero attached hydrogens (tertiary/aromatic N) is 2. The maximum Gasteiger partial charge on any atom is 0.0917 e. The summed E-state index contributed by atoms with van der Waals surface area (Å²) in [4.78, 5) is 9.19. The largest absolute Gasteiger partial charge is 0.330 e. The Morgan fingerprint density at radius 1 is 1.00 bits per heavy atom. The number of nitrogens with two attached hydrogens (primary N) is 1. The van der Waals surface area contributed by atoms with Crippen LogP contribution in [0, 0.1) is 20.8 Å². The van der Waals surface area contributed by atoms with E-state index in [4.69, 9.17) is 5.73 Å². The van der Waals surface area contributed by atoms with E-state index in [0.29, 0.717) is 6.54 Å². The highest BCUT2D eigenvalue weighted by Crippen LogP contribution is 2.22.